The predicted octanol–water partition coefficient (Wildman–Crippen LogP) is 0.394. The van der Waals surface area contributed by atoms with Gasteiger partial charge in [0.2, 0.25) is 5.06 Å². The van der Waals surface area contributed by atoms with Crippen molar-refractivity contribution in [3.8, 4) is 10.8 Å². The molecule has 1 N–H and O–H groups in total. The van der Waals surface area contributed by atoms with Gasteiger partial charge in [-0.25, -0.2) is 0 Å². The van der Waals surface area contributed by atoms with Gasteiger partial charge in [-0.1, -0.05) is 0 Å². The van der Waals surface area contributed by atoms with E-state index < -0.39 is 0 Å². The molecule has 0 spiro atoms. The summed E-state index contributed by atoms with van der Waals surface area (Å²) in [6, 6.07) is 1.75. The summed E-state index contributed by atoms with van der Waals surface area (Å²) in [5.41, 5.74) is 0. The van der Waals surface area contributed by atoms with Crippen LogP contribution in [-0.2, 0) is 0 Å². The van der Waals surface area contributed by atoms with E-state index in [4.69, 9.17) is 14.4 Å². The minimum absolute atomic E-state index is 0.312. The van der Waals surface area contributed by atoms with Crippen molar-refractivity contribution >= 4 is 19.0 Å². The molecule has 0 fully saturated rings. The van der Waals surface area contributed by atoms with E-state index in [1.165, 1.54) is 11.3 Å². The molecule has 0 aliphatic heterocycles. The Bertz CT molecular complexity index is 201. The van der Waals surface area contributed by atoms with Gasteiger partial charge in [0.1, 0.15) is 0 Å². The lowest BCUT2D eigenvalue weighted by atomic mass is 10.4. The second-order valence-electron chi connectivity index (χ2n) is 1.55. The van der Waals surface area contributed by atoms with Crippen molar-refractivity contribution in [1.82, 2.24) is 0 Å². The van der Waals surface area contributed by atoms with Gasteiger partial charge in [0.25, 0.3) is 0 Å². The molecule has 1 aromatic heterocycles. The van der Waals surface area contributed by atoms with Crippen LogP contribution in [0.15, 0.2) is 11.4 Å². The zero-order valence-corrected chi connectivity index (χ0v) is 6.35. The van der Waals surface area contributed by atoms with Crippen LogP contribution in [-0.4, -0.2) is 19.8 Å². The number of rotatable bonds is 3. The van der Waals surface area contributed by atoms with Crippen LogP contribution in [0.1, 0.15) is 0 Å². The van der Waals surface area contributed by atoms with Crippen LogP contribution in [0.2, 0.25) is 0 Å². The number of thiophene rings is 1. The van der Waals surface area contributed by atoms with Crippen molar-refractivity contribution in [1.29, 1.82) is 0 Å². The van der Waals surface area contributed by atoms with Crippen molar-refractivity contribution in [2.75, 3.05) is 7.11 Å². The van der Waals surface area contributed by atoms with Gasteiger partial charge in [-0.3, -0.25) is 0 Å². The maximum atomic E-state index is 8.38. The van der Waals surface area contributed by atoms with Gasteiger partial charge in [-0.05, 0) is 11.4 Å². The lowest BCUT2D eigenvalue weighted by Crippen LogP contribution is -1.99. The Morgan fingerprint density at radius 2 is 2.50 bits per heavy atom. The number of methoxy groups -OCH3 is 1. The van der Waals surface area contributed by atoms with Crippen LogP contribution in [0.25, 0.3) is 0 Å². The molecular weight excluding hydrogens is 151 g/mol. The Hall–Kier alpha value is -0.675. The molecule has 10 heavy (non-hydrogen) atoms. The zero-order chi connectivity index (χ0) is 7.40. The molecule has 0 amide bonds. The number of ether oxygens (including phenoxy) is 1. The van der Waals surface area contributed by atoms with Crippen LogP contribution < -0.4 is 9.39 Å². The Kier molecular flexibility index (Phi) is 2.59. The smallest absolute Gasteiger partial charge is 0.504 e. The molecule has 0 unspecified atom stereocenters. The van der Waals surface area contributed by atoms with Gasteiger partial charge in [0.15, 0.2) is 5.75 Å². The van der Waals surface area contributed by atoms with E-state index in [1.807, 2.05) is 5.38 Å². The summed E-state index contributed by atoms with van der Waals surface area (Å²) in [4.78, 5) is 0. The molecule has 1 aromatic rings. The van der Waals surface area contributed by atoms with Gasteiger partial charge in [-0.2, -0.15) is 0 Å². The summed E-state index contributed by atoms with van der Waals surface area (Å²) in [5.74, 6) is 0.593. The van der Waals surface area contributed by atoms with Crippen LogP contribution in [0.5, 0.6) is 10.8 Å². The fourth-order valence-corrected chi connectivity index (χ4v) is 1.26. The third kappa shape index (κ3) is 1.43. The van der Waals surface area contributed by atoms with Crippen molar-refractivity contribution < 1.29 is 14.4 Å². The average molecular weight is 158 g/mol. The predicted molar refractivity (Wildman–Crippen MR) is 40.9 cm³/mol. The molecule has 3 nitrogen and oxygen atoms in total. The van der Waals surface area contributed by atoms with Gasteiger partial charge >= 0.3 is 7.69 Å². The lowest BCUT2D eigenvalue weighted by molar-refractivity contribution is 0.392. The van der Waals surface area contributed by atoms with Crippen molar-refractivity contribution in [2.45, 2.75) is 0 Å². The van der Waals surface area contributed by atoms with Gasteiger partial charge in [0, 0.05) is 0 Å². The third-order valence-corrected chi connectivity index (χ3v) is 1.86. The summed E-state index contributed by atoms with van der Waals surface area (Å²) < 4.78 is 9.73. The van der Waals surface area contributed by atoms with Crippen molar-refractivity contribution in [3.05, 3.63) is 11.4 Å². The maximum absolute atomic E-state index is 8.38. The molecule has 0 atom stereocenters. The number of hydrogen-bond acceptors (Lipinski definition) is 4. The highest BCUT2D eigenvalue weighted by Crippen LogP contribution is 2.32. The lowest BCUT2D eigenvalue weighted by Gasteiger charge is -2.00. The first-order chi connectivity index (χ1) is 4.88. The van der Waals surface area contributed by atoms with E-state index in [-0.39, 0.29) is 7.69 Å². The molecule has 0 aromatic carbocycles. The van der Waals surface area contributed by atoms with Crippen LogP contribution >= 0.6 is 11.3 Å². The van der Waals surface area contributed by atoms with Gasteiger partial charge in [-0.15, -0.1) is 11.3 Å². The minimum Gasteiger partial charge on any atom is -0.536 e. The van der Waals surface area contributed by atoms with Gasteiger partial charge < -0.3 is 14.4 Å². The fraction of sp³-hybridized carbons (Fsp3) is 0.200. The average Bonchev–Trinajstić information content (AvgIpc) is 2.36. The highest BCUT2D eigenvalue weighted by Gasteiger charge is 2.03. The zero-order valence-electron chi connectivity index (χ0n) is 5.53. The second-order valence-corrected chi connectivity index (χ2v) is 2.43. The third-order valence-electron chi connectivity index (χ3n) is 1.00. The Morgan fingerprint density at radius 3 is 3.10 bits per heavy atom. The van der Waals surface area contributed by atoms with E-state index in [0.29, 0.717) is 10.8 Å². The van der Waals surface area contributed by atoms with E-state index >= 15 is 0 Å². The summed E-state index contributed by atoms with van der Waals surface area (Å²) in [7, 11) is 1.25. The SMILES string of the molecule is COc1sccc1OBO. The van der Waals surface area contributed by atoms with E-state index in [0.717, 1.165) is 0 Å². The Labute approximate surface area is 63.5 Å². The molecule has 0 aliphatic rings. The highest BCUT2D eigenvalue weighted by molar-refractivity contribution is 7.12. The Morgan fingerprint density at radius 1 is 1.70 bits per heavy atom. The maximum Gasteiger partial charge on any atom is 0.504 e. The summed E-state index contributed by atoms with van der Waals surface area (Å²) >= 11 is 1.43. The monoisotopic (exact) mass is 158 g/mol. The van der Waals surface area contributed by atoms with E-state index in [2.05, 4.69) is 0 Å². The molecule has 0 saturated heterocycles. The summed E-state index contributed by atoms with van der Waals surface area (Å²) in [6.07, 6.45) is 0. The molecule has 1 rings (SSSR count). The molecule has 0 bridgehead atoms. The van der Waals surface area contributed by atoms with Crippen LogP contribution in [0.3, 0.4) is 0 Å². The topological polar surface area (TPSA) is 38.7 Å². The molecule has 5 heteroatoms. The first-order valence-corrected chi connectivity index (χ1v) is 3.61. The molecular formula is C5H7BO3S. The standard InChI is InChI=1S/C5H7BO3S/c1-8-5-4(9-6-7)2-3-10-5/h2-3,6-7H,1H3. The fourth-order valence-electron chi connectivity index (χ4n) is 0.609. The quantitative estimate of drug-likeness (QED) is 0.646. The van der Waals surface area contributed by atoms with Crippen molar-refractivity contribution in [2.24, 2.45) is 0 Å². The van der Waals surface area contributed by atoms with Gasteiger partial charge in [0.05, 0.1) is 7.11 Å². The Balaban J connectivity index is 2.70. The molecule has 0 aliphatic carbocycles. The van der Waals surface area contributed by atoms with Crippen LogP contribution in [0, 0.1) is 0 Å². The van der Waals surface area contributed by atoms with E-state index in [9.17, 15) is 0 Å². The minimum atomic E-state index is -0.312. The number of hydrogen-bond donors (Lipinski definition) is 1. The van der Waals surface area contributed by atoms with Crippen LogP contribution in [0.4, 0.5) is 0 Å². The molecule has 1 heterocycles. The molecule has 0 saturated carbocycles. The summed E-state index contributed by atoms with van der Waals surface area (Å²) in [5, 5.41) is 10.9. The highest BCUT2D eigenvalue weighted by atomic mass is 32.1. The second kappa shape index (κ2) is 3.48. The largest absolute Gasteiger partial charge is 0.536 e. The normalized spacial score (nSPS) is 9.00. The molecule has 0 radical (unpaired) electrons. The van der Waals surface area contributed by atoms with E-state index in [1.54, 1.807) is 13.2 Å². The first-order valence-electron chi connectivity index (χ1n) is 2.73. The van der Waals surface area contributed by atoms with Crippen molar-refractivity contribution in [3.63, 3.8) is 0 Å². The summed E-state index contributed by atoms with van der Waals surface area (Å²) in [6.45, 7) is 0. The first kappa shape index (κ1) is 7.43. The molecule has 54 valence electrons.